The number of hydrogen-bond acceptors (Lipinski definition) is 7. The van der Waals surface area contributed by atoms with Gasteiger partial charge in [-0.25, -0.2) is 0 Å². The van der Waals surface area contributed by atoms with Crippen molar-refractivity contribution in [1.82, 2.24) is 20.4 Å². The Balaban J connectivity index is 0.00000258. The lowest BCUT2D eigenvalue weighted by atomic mass is 9.80. The van der Waals surface area contributed by atoms with Gasteiger partial charge in [-0.1, -0.05) is 120 Å². The number of amides is 1. The molecule has 0 fully saturated rings. The minimum absolute atomic E-state index is 0.0226. The number of anilines is 2. The second kappa shape index (κ2) is 24.2. The number of para-hydroxylation sites is 2. The van der Waals surface area contributed by atoms with Crippen LogP contribution < -0.4 is 20.9 Å². The van der Waals surface area contributed by atoms with Crippen LogP contribution in [0.3, 0.4) is 0 Å². The highest BCUT2D eigenvalue weighted by atomic mass is 32.1. The van der Waals surface area contributed by atoms with Crippen molar-refractivity contribution in [2.75, 3.05) is 62.8 Å². The standard InChI is InChI=1S/C45H66N6O.C3H6S/c1-12-49(37(5)46-10)33-36(4)51(35(2)3)34-43(52)48-31-23-24-32-50-41-28-21-19-26-39(41)45(8,9)42(50)29-17-15-13-14-16-22-30-44(6,7)38-25-18-20-27-40(38)47-11;1-2-3-4/h13-22,25-29,35,46-47H,4-5,12,23-24,30-34H2,1-3,6-11H3,(H,48,52);2,4H,1,3H2/b14-13+,17-15+,22-16+,42-29+;. The first kappa shape index (κ1) is 47.6. The molecule has 0 unspecified atom stereocenters. The SMILES string of the molecule is C=C(NC)N(CC)CC(=C)N(CC(=O)NCCCCN1/C(=C/C=C/C=C/C=C/CC(C)(C)c2ccccc2NC)C(C)(C)c2ccccc21)C(C)C.C=CCS. The summed E-state index contributed by atoms with van der Waals surface area (Å²) in [5.74, 6) is 1.65. The topological polar surface area (TPSA) is 62.9 Å². The first-order chi connectivity index (χ1) is 26.7. The molecule has 1 aliphatic heterocycles. The number of fused-ring (bicyclic) bond motifs is 1. The molecule has 0 aromatic heterocycles. The average molecular weight is 781 g/mol. The maximum atomic E-state index is 13.0. The summed E-state index contributed by atoms with van der Waals surface area (Å²) in [5.41, 5.74) is 7.25. The summed E-state index contributed by atoms with van der Waals surface area (Å²) >= 11 is 3.80. The molecule has 1 amide bonds. The van der Waals surface area contributed by atoms with Crippen LogP contribution in [0.2, 0.25) is 0 Å². The van der Waals surface area contributed by atoms with E-state index in [-0.39, 0.29) is 22.8 Å². The highest BCUT2D eigenvalue weighted by Crippen LogP contribution is 2.47. The number of unbranched alkanes of at least 4 members (excludes halogenated alkanes) is 1. The average Bonchev–Trinajstić information content (AvgIpc) is 3.40. The van der Waals surface area contributed by atoms with Crippen molar-refractivity contribution in [3.05, 3.63) is 145 Å². The van der Waals surface area contributed by atoms with Crippen LogP contribution in [0.4, 0.5) is 11.4 Å². The molecular formula is C48H72N6OS. The zero-order chi connectivity index (χ0) is 41.7. The highest BCUT2D eigenvalue weighted by Gasteiger charge is 2.39. The second-order valence-electron chi connectivity index (χ2n) is 15.5. The summed E-state index contributed by atoms with van der Waals surface area (Å²) in [6.45, 7) is 30.5. The molecule has 1 heterocycles. The summed E-state index contributed by atoms with van der Waals surface area (Å²) in [6, 6.07) is 17.4. The van der Waals surface area contributed by atoms with Gasteiger partial charge in [0.05, 0.1) is 18.9 Å². The number of carbonyl (C=O) groups is 1. The quantitative estimate of drug-likeness (QED) is 0.0413. The van der Waals surface area contributed by atoms with E-state index in [1.807, 2.05) is 14.1 Å². The van der Waals surface area contributed by atoms with Gasteiger partial charge in [0.2, 0.25) is 5.91 Å². The van der Waals surface area contributed by atoms with Gasteiger partial charge in [-0.15, -0.1) is 6.58 Å². The number of rotatable bonds is 22. The number of benzene rings is 2. The fourth-order valence-electron chi connectivity index (χ4n) is 6.92. The molecule has 0 saturated heterocycles. The van der Waals surface area contributed by atoms with Crippen LogP contribution in [-0.4, -0.2) is 74.3 Å². The van der Waals surface area contributed by atoms with Gasteiger partial charge < -0.3 is 30.7 Å². The molecule has 0 atom stereocenters. The third-order valence-electron chi connectivity index (χ3n) is 10.2. The fourth-order valence-corrected chi connectivity index (χ4v) is 6.92. The van der Waals surface area contributed by atoms with Gasteiger partial charge in [0.15, 0.2) is 0 Å². The molecule has 0 saturated carbocycles. The molecule has 1 aliphatic rings. The van der Waals surface area contributed by atoms with E-state index in [1.54, 1.807) is 6.08 Å². The number of nitrogens with one attached hydrogen (secondary N) is 3. The molecule has 2 aromatic carbocycles. The van der Waals surface area contributed by atoms with E-state index in [2.05, 4.69) is 203 Å². The third-order valence-corrected chi connectivity index (χ3v) is 10.5. The number of hydrogen-bond donors (Lipinski definition) is 4. The third kappa shape index (κ3) is 14.2. The van der Waals surface area contributed by atoms with Gasteiger partial charge in [-0.2, -0.15) is 12.6 Å². The van der Waals surface area contributed by atoms with Crippen LogP contribution in [-0.2, 0) is 15.6 Å². The monoisotopic (exact) mass is 781 g/mol. The van der Waals surface area contributed by atoms with Gasteiger partial charge >= 0.3 is 0 Å². The molecule has 0 spiro atoms. The van der Waals surface area contributed by atoms with Gasteiger partial charge in [-0.05, 0) is 74.8 Å². The van der Waals surface area contributed by atoms with Gasteiger partial charge in [0.1, 0.15) is 0 Å². The minimum Gasteiger partial charge on any atom is -0.388 e. The maximum absolute atomic E-state index is 13.0. The largest absolute Gasteiger partial charge is 0.388 e. The number of thiol groups is 1. The van der Waals surface area contributed by atoms with E-state index >= 15 is 0 Å². The predicted molar refractivity (Wildman–Crippen MR) is 249 cm³/mol. The van der Waals surface area contributed by atoms with Crippen molar-refractivity contribution >= 4 is 29.9 Å². The molecule has 56 heavy (non-hydrogen) atoms. The Morgan fingerprint density at radius 2 is 1.61 bits per heavy atom. The van der Waals surface area contributed by atoms with Gasteiger partial charge in [0, 0.05) is 73.7 Å². The van der Waals surface area contributed by atoms with E-state index in [9.17, 15) is 4.79 Å². The molecule has 0 aliphatic carbocycles. The molecule has 306 valence electrons. The van der Waals surface area contributed by atoms with E-state index < -0.39 is 0 Å². The van der Waals surface area contributed by atoms with Gasteiger partial charge in [0.25, 0.3) is 0 Å². The van der Waals surface area contributed by atoms with Crippen molar-refractivity contribution in [2.24, 2.45) is 0 Å². The van der Waals surface area contributed by atoms with E-state index in [4.69, 9.17) is 0 Å². The molecule has 3 rings (SSSR count). The smallest absolute Gasteiger partial charge is 0.239 e. The van der Waals surface area contributed by atoms with Crippen molar-refractivity contribution in [2.45, 2.75) is 84.6 Å². The maximum Gasteiger partial charge on any atom is 0.239 e. The van der Waals surface area contributed by atoms with Crippen molar-refractivity contribution in [3.63, 3.8) is 0 Å². The van der Waals surface area contributed by atoms with Crippen LogP contribution in [0, 0.1) is 0 Å². The van der Waals surface area contributed by atoms with Crippen molar-refractivity contribution in [1.29, 1.82) is 0 Å². The van der Waals surface area contributed by atoms with E-state index in [1.165, 1.54) is 28.2 Å². The highest BCUT2D eigenvalue weighted by molar-refractivity contribution is 7.80. The first-order valence-electron chi connectivity index (χ1n) is 20.1. The van der Waals surface area contributed by atoms with Crippen LogP contribution in [0.5, 0.6) is 0 Å². The Bertz CT molecular complexity index is 1680. The molecule has 2 aromatic rings. The Morgan fingerprint density at radius 1 is 0.964 bits per heavy atom. The lowest BCUT2D eigenvalue weighted by molar-refractivity contribution is -0.122. The predicted octanol–water partition coefficient (Wildman–Crippen LogP) is 9.98. The summed E-state index contributed by atoms with van der Waals surface area (Å²) < 4.78 is 0. The molecule has 3 N–H and O–H groups in total. The number of allylic oxidation sites excluding steroid dienone is 8. The number of likely N-dealkylation sites (N-methyl/N-ethyl adjacent to an activating group) is 1. The Hall–Kier alpha value is -4.56. The lowest BCUT2D eigenvalue weighted by Gasteiger charge is -2.34. The molecular weight excluding hydrogens is 709 g/mol. The van der Waals surface area contributed by atoms with E-state index in [0.717, 1.165) is 49.6 Å². The molecule has 7 nitrogen and oxygen atoms in total. The summed E-state index contributed by atoms with van der Waals surface area (Å²) in [6.07, 6.45) is 19.7. The number of carbonyl (C=O) groups excluding carboxylic acids is 1. The summed E-state index contributed by atoms with van der Waals surface area (Å²) in [4.78, 5) is 19.7. The van der Waals surface area contributed by atoms with Crippen LogP contribution in [0.1, 0.15) is 78.9 Å². The Morgan fingerprint density at radius 3 is 2.25 bits per heavy atom. The summed E-state index contributed by atoms with van der Waals surface area (Å²) in [7, 11) is 3.85. The van der Waals surface area contributed by atoms with Crippen molar-refractivity contribution < 1.29 is 4.79 Å². The molecule has 0 bridgehead atoms. The normalized spacial score (nSPS) is 14.2. The van der Waals surface area contributed by atoms with Crippen LogP contribution >= 0.6 is 12.6 Å². The molecule has 8 heteroatoms. The first-order valence-corrected chi connectivity index (χ1v) is 20.7. The lowest BCUT2D eigenvalue weighted by Crippen LogP contribution is -2.43. The van der Waals surface area contributed by atoms with Crippen molar-refractivity contribution in [3.8, 4) is 0 Å². The van der Waals surface area contributed by atoms with Crippen LogP contribution in [0.25, 0.3) is 0 Å². The van der Waals surface area contributed by atoms with Crippen LogP contribution in [0.15, 0.2) is 134 Å². The van der Waals surface area contributed by atoms with E-state index in [0.29, 0.717) is 19.6 Å². The Kier molecular flexibility index (Phi) is 20.5. The zero-order valence-corrected chi connectivity index (χ0v) is 36.9. The summed E-state index contributed by atoms with van der Waals surface area (Å²) in [5, 5.41) is 9.59. The minimum atomic E-state index is -0.108. The second-order valence-corrected chi connectivity index (χ2v) is 15.8. The van der Waals surface area contributed by atoms with Gasteiger partial charge in [-0.3, -0.25) is 4.79 Å². The fraction of sp³-hybridized carbons (Fsp3) is 0.438. The number of nitrogens with zero attached hydrogens (tertiary/aromatic N) is 3. The zero-order valence-electron chi connectivity index (χ0n) is 36.0. The Labute approximate surface area is 346 Å². The molecule has 0 radical (unpaired) electrons.